The molecule has 0 saturated carbocycles. The first-order valence-corrected chi connectivity index (χ1v) is 7.01. The summed E-state index contributed by atoms with van der Waals surface area (Å²) < 4.78 is 2.21. The van der Waals surface area contributed by atoms with Gasteiger partial charge in [0.25, 0.3) is 0 Å². The molecule has 1 aromatic heterocycles. The SMILES string of the molecule is CCCC(CCC)C(N)c1nccn1CCC. The van der Waals surface area contributed by atoms with E-state index in [4.69, 9.17) is 5.73 Å². The number of nitrogens with two attached hydrogens (primary N) is 1. The van der Waals surface area contributed by atoms with Crippen molar-refractivity contribution in [1.29, 1.82) is 0 Å². The third-order valence-corrected chi connectivity index (χ3v) is 3.34. The van der Waals surface area contributed by atoms with E-state index < -0.39 is 0 Å². The minimum Gasteiger partial charge on any atom is -0.334 e. The van der Waals surface area contributed by atoms with Gasteiger partial charge in [-0.1, -0.05) is 33.6 Å². The second kappa shape index (κ2) is 7.49. The van der Waals surface area contributed by atoms with Crippen LogP contribution in [0.3, 0.4) is 0 Å². The Morgan fingerprint density at radius 2 is 1.82 bits per heavy atom. The highest BCUT2D eigenvalue weighted by atomic mass is 15.1. The molecule has 3 heteroatoms. The van der Waals surface area contributed by atoms with Crippen molar-refractivity contribution in [2.75, 3.05) is 0 Å². The molecule has 2 N–H and O–H groups in total. The van der Waals surface area contributed by atoms with Crippen LogP contribution in [-0.2, 0) is 6.54 Å². The summed E-state index contributed by atoms with van der Waals surface area (Å²) in [7, 11) is 0. The van der Waals surface area contributed by atoms with Crippen molar-refractivity contribution < 1.29 is 0 Å². The van der Waals surface area contributed by atoms with Crippen LogP contribution in [-0.4, -0.2) is 9.55 Å². The fraction of sp³-hybridized carbons (Fsp3) is 0.786. The van der Waals surface area contributed by atoms with Crippen LogP contribution in [0, 0.1) is 5.92 Å². The number of nitrogens with zero attached hydrogens (tertiary/aromatic N) is 2. The van der Waals surface area contributed by atoms with Crippen LogP contribution < -0.4 is 5.73 Å². The third-order valence-electron chi connectivity index (χ3n) is 3.34. The van der Waals surface area contributed by atoms with Crippen LogP contribution in [0.15, 0.2) is 12.4 Å². The molecule has 0 aliphatic rings. The molecular formula is C14H27N3. The Bertz CT molecular complexity index is 300. The lowest BCUT2D eigenvalue weighted by Crippen LogP contribution is -2.25. The van der Waals surface area contributed by atoms with E-state index in [1.54, 1.807) is 0 Å². The van der Waals surface area contributed by atoms with Crippen LogP contribution in [0.25, 0.3) is 0 Å². The Morgan fingerprint density at radius 1 is 1.18 bits per heavy atom. The fourth-order valence-electron chi connectivity index (χ4n) is 2.50. The van der Waals surface area contributed by atoms with E-state index in [0.717, 1.165) is 18.8 Å². The lowest BCUT2D eigenvalue weighted by atomic mass is 9.90. The molecule has 0 aliphatic carbocycles. The summed E-state index contributed by atoms with van der Waals surface area (Å²) in [6.07, 6.45) is 9.86. The van der Waals surface area contributed by atoms with Gasteiger partial charge in [-0.3, -0.25) is 0 Å². The minimum absolute atomic E-state index is 0.0939. The van der Waals surface area contributed by atoms with E-state index in [1.807, 2.05) is 12.4 Å². The van der Waals surface area contributed by atoms with Crippen molar-refractivity contribution in [2.45, 2.75) is 65.5 Å². The first-order chi connectivity index (χ1) is 8.24. The first kappa shape index (κ1) is 14.2. The number of aryl methyl sites for hydroxylation is 1. The Labute approximate surface area is 105 Å². The van der Waals surface area contributed by atoms with E-state index >= 15 is 0 Å². The first-order valence-electron chi connectivity index (χ1n) is 7.01. The Morgan fingerprint density at radius 3 is 2.35 bits per heavy atom. The third kappa shape index (κ3) is 3.84. The van der Waals surface area contributed by atoms with Gasteiger partial charge >= 0.3 is 0 Å². The minimum atomic E-state index is 0.0939. The molecule has 3 nitrogen and oxygen atoms in total. The van der Waals surface area contributed by atoms with Gasteiger partial charge in [-0.15, -0.1) is 0 Å². The van der Waals surface area contributed by atoms with Crippen molar-refractivity contribution in [3.05, 3.63) is 18.2 Å². The molecule has 0 fully saturated rings. The zero-order valence-electron chi connectivity index (χ0n) is 11.5. The summed E-state index contributed by atoms with van der Waals surface area (Å²) in [5, 5.41) is 0. The second-order valence-corrected chi connectivity index (χ2v) is 4.84. The molecule has 1 unspecified atom stereocenters. The molecular weight excluding hydrogens is 210 g/mol. The van der Waals surface area contributed by atoms with Crippen LogP contribution >= 0.6 is 0 Å². The van der Waals surface area contributed by atoms with Crippen LogP contribution in [0.5, 0.6) is 0 Å². The zero-order chi connectivity index (χ0) is 12.7. The predicted octanol–water partition coefficient (Wildman–Crippen LogP) is 3.51. The number of hydrogen-bond acceptors (Lipinski definition) is 2. The van der Waals surface area contributed by atoms with Crippen molar-refractivity contribution in [3.8, 4) is 0 Å². The Balaban J connectivity index is 2.76. The molecule has 0 saturated heterocycles. The van der Waals surface area contributed by atoms with Gasteiger partial charge in [-0.05, 0) is 25.2 Å². The molecule has 0 bridgehead atoms. The Kier molecular flexibility index (Phi) is 6.27. The van der Waals surface area contributed by atoms with E-state index in [0.29, 0.717) is 5.92 Å². The molecule has 0 aliphatic heterocycles. The van der Waals surface area contributed by atoms with E-state index in [2.05, 4.69) is 30.3 Å². The van der Waals surface area contributed by atoms with E-state index in [-0.39, 0.29) is 6.04 Å². The maximum Gasteiger partial charge on any atom is 0.125 e. The highest BCUT2D eigenvalue weighted by molar-refractivity contribution is 5.00. The lowest BCUT2D eigenvalue weighted by molar-refractivity contribution is 0.349. The lowest BCUT2D eigenvalue weighted by Gasteiger charge is -2.23. The zero-order valence-corrected chi connectivity index (χ0v) is 11.5. The van der Waals surface area contributed by atoms with Gasteiger partial charge in [0.05, 0.1) is 6.04 Å². The van der Waals surface area contributed by atoms with Gasteiger partial charge in [0, 0.05) is 18.9 Å². The number of rotatable bonds is 8. The van der Waals surface area contributed by atoms with Crippen molar-refractivity contribution >= 4 is 0 Å². The van der Waals surface area contributed by atoms with E-state index in [9.17, 15) is 0 Å². The summed E-state index contributed by atoms with van der Waals surface area (Å²) in [5.41, 5.74) is 6.40. The van der Waals surface area contributed by atoms with Gasteiger partial charge in [0.1, 0.15) is 5.82 Å². The van der Waals surface area contributed by atoms with Crippen LogP contribution in [0.1, 0.15) is 64.7 Å². The summed E-state index contributed by atoms with van der Waals surface area (Å²) in [6, 6.07) is 0.0939. The maximum absolute atomic E-state index is 6.40. The second-order valence-electron chi connectivity index (χ2n) is 4.84. The molecule has 1 heterocycles. The quantitative estimate of drug-likeness (QED) is 0.752. The molecule has 0 radical (unpaired) electrons. The maximum atomic E-state index is 6.40. The molecule has 0 amide bonds. The van der Waals surface area contributed by atoms with Crippen molar-refractivity contribution in [2.24, 2.45) is 11.7 Å². The standard InChI is InChI=1S/C14H27N3/c1-4-7-12(8-5-2)13(15)14-16-9-11-17(14)10-6-3/h9,11-13H,4-8,10,15H2,1-3H3. The number of aromatic nitrogens is 2. The largest absolute Gasteiger partial charge is 0.334 e. The molecule has 1 rings (SSSR count). The average molecular weight is 237 g/mol. The predicted molar refractivity (Wildman–Crippen MR) is 72.8 cm³/mol. The molecule has 1 aromatic rings. The van der Waals surface area contributed by atoms with Gasteiger partial charge in [-0.25, -0.2) is 4.98 Å². The van der Waals surface area contributed by atoms with Crippen molar-refractivity contribution in [1.82, 2.24) is 9.55 Å². The summed E-state index contributed by atoms with van der Waals surface area (Å²) in [5.74, 6) is 1.64. The van der Waals surface area contributed by atoms with Gasteiger partial charge in [-0.2, -0.15) is 0 Å². The molecule has 0 spiro atoms. The molecule has 98 valence electrons. The van der Waals surface area contributed by atoms with E-state index in [1.165, 1.54) is 25.7 Å². The summed E-state index contributed by atoms with van der Waals surface area (Å²) in [4.78, 5) is 4.46. The number of hydrogen-bond donors (Lipinski definition) is 1. The fourth-order valence-corrected chi connectivity index (χ4v) is 2.50. The summed E-state index contributed by atoms with van der Waals surface area (Å²) >= 11 is 0. The van der Waals surface area contributed by atoms with Crippen LogP contribution in [0.4, 0.5) is 0 Å². The van der Waals surface area contributed by atoms with Crippen LogP contribution in [0.2, 0.25) is 0 Å². The Hall–Kier alpha value is -0.830. The van der Waals surface area contributed by atoms with Gasteiger partial charge in [0.2, 0.25) is 0 Å². The highest BCUT2D eigenvalue weighted by Gasteiger charge is 2.21. The molecule has 0 aromatic carbocycles. The molecule has 17 heavy (non-hydrogen) atoms. The topological polar surface area (TPSA) is 43.8 Å². The van der Waals surface area contributed by atoms with Gasteiger partial charge in [0.15, 0.2) is 0 Å². The monoisotopic (exact) mass is 237 g/mol. The van der Waals surface area contributed by atoms with Gasteiger partial charge < -0.3 is 10.3 Å². The summed E-state index contributed by atoms with van der Waals surface area (Å²) in [6.45, 7) is 7.67. The van der Waals surface area contributed by atoms with Crippen molar-refractivity contribution in [3.63, 3.8) is 0 Å². The normalized spacial score (nSPS) is 13.2. The molecule has 1 atom stereocenters. The average Bonchev–Trinajstić information content (AvgIpc) is 2.77. The highest BCUT2D eigenvalue weighted by Crippen LogP contribution is 2.26. The smallest absolute Gasteiger partial charge is 0.125 e. The number of imidazole rings is 1.